The summed E-state index contributed by atoms with van der Waals surface area (Å²) in [6.07, 6.45) is 5.05. The molecule has 1 aliphatic rings. The number of amides is 1. The van der Waals surface area contributed by atoms with Crippen LogP contribution in [0.5, 0.6) is 0 Å². The monoisotopic (exact) mass is 415 g/mol. The zero-order valence-electron chi connectivity index (χ0n) is 16.4. The summed E-state index contributed by atoms with van der Waals surface area (Å²) in [6.45, 7) is 4.48. The number of hydrogen-bond acceptors (Lipinski definition) is 6. The Balaban J connectivity index is 1.42. The zero-order chi connectivity index (χ0) is 20.7. The molecule has 0 bridgehead atoms. The number of carbonyl (C=O) groups is 1. The molecule has 1 amide bonds. The maximum Gasteiger partial charge on any atom is 0.233 e. The molecule has 1 aliphatic heterocycles. The smallest absolute Gasteiger partial charge is 0.233 e. The fraction of sp³-hybridized carbons (Fsp3) is 0.350. The second kappa shape index (κ2) is 9.62. The van der Waals surface area contributed by atoms with Crippen LogP contribution in [0.4, 0.5) is 5.95 Å². The number of aromatic nitrogens is 2. The van der Waals surface area contributed by atoms with Crippen LogP contribution in [-0.4, -0.2) is 61.9 Å². The minimum absolute atomic E-state index is 0.0659. The van der Waals surface area contributed by atoms with Crippen molar-refractivity contribution in [2.45, 2.75) is 13.3 Å². The van der Waals surface area contributed by atoms with Crippen molar-refractivity contribution in [2.24, 2.45) is 0 Å². The van der Waals surface area contributed by atoms with Gasteiger partial charge in [0.25, 0.3) is 0 Å². The molecule has 0 aliphatic carbocycles. The third kappa shape index (κ3) is 6.37. The molecule has 9 heteroatoms. The molecular weight excluding hydrogens is 390 g/mol. The Morgan fingerprint density at radius 2 is 1.76 bits per heavy atom. The number of aryl methyl sites for hydroxylation is 1. The Kier molecular flexibility index (Phi) is 6.95. The van der Waals surface area contributed by atoms with Crippen LogP contribution in [-0.2, 0) is 14.8 Å². The molecule has 8 nitrogen and oxygen atoms in total. The van der Waals surface area contributed by atoms with Gasteiger partial charge in [0.05, 0.1) is 0 Å². The molecule has 29 heavy (non-hydrogen) atoms. The Morgan fingerprint density at radius 3 is 2.41 bits per heavy atom. The lowest BCUT2D eigenvalue weighted by molar-refractivity contribution is -0.131. The topological polar surface area (TPSA) is 95.5 Å². The molecule has 0 atom stereocenters. The van der Waals surface area contributed by atoms with E-state index in [2.05, 4.69) is 14.7 Å². The van der Waals surface area contributed by atoms with Crippen LogP contribution in [0.2, 0.25) is 0 Å². The summed E-state index contributed by atoms with van der Waals surface area (Å²) in [5.41, 5.74) is 1.91. The van der Waals surface area contributed by atoms with Crippen molar-refractivity contribution in [1.82, 2.24) is 19.6 Å². The van der Waals surface area contributed by atoms with Crippen LogP contribution in [0.25, 0.3) is 6.08 Å². The maximum absolute atomic E-state index is 12.4. The van der Waals surface area contributed by atoms with E-state index in [0.29, 0.717) is 32.1 Å². The van der Waals surface area contributed by atoms with Crippen LogP contribution in [0.3, 0.4) is 0 Å². The Morgan fingerprint density at radius 1 is 1.10 bits per heavy atom. The highest BCUT2D eigenvalue weighted by atomic mass is 32.2. The predicted octanol–water partition coefficient (Wildman–Crippen LogP) is 1.41. The zero-order valence-corrected chi connectivity index (χ0v) is 17.2. The van der Waals surface area contributed by atoms with Gasteiger partial charge in [0.2, 0.25) is 21.9 Å². The first kappa shape index (κ1) is 20.9. The molecule has 2 aromatic rings. The lowest BCUT2D eigenvalue weighted by Crippen LogP contribution is -2.49. The third-order valence-corrected chi connectivity index (χ3v) is 5.73. The van der Waals surface area contributed by atoms with Crippen LogP contribution in [0.1, 0.15) is 17.5 Å². The number of anilines is 1. The van der Waals surface area contributed by atoms with Gasteiger partial charge in [-0.3, -0.25) is 4.79 Å². The number of rotatable bonds is 7. The lowest BCUT2D eigenvalue weighted by atomic mass is 10.2. The quantitative estimate of drug-likeness (QED) is 0.735. The highest BCUT2D eigenvalue weighted by molar-refractivity contribution is 7.92. The van der Waals surface area contributed by atoms with E-state index in [1.54, 1.807) is 23.4 Å². The van der Waals surface area contributed by atoms with Crippen LogP contribution < -0.4 is 9.62 Å². The van der Waals surface area contributed by atoms with Gasteiger partial charge in [-0.05, 0) is 24.6 Å². The first-order chi connectivity index (χ1) is 13.9. The van der Waals surface area contributed by atoms with Gasteiger partial charge in [-0.1, -0.05) is 29.8 Å². The molecule has 1 N–H and O–H groups in total. The Labute approximate surface area is 171 Å². The molecule has 0 unspecified atom stereocenters. The lowest BCUT2D eigenvalue weighted by Gasteiger charge is -2.34. The third-order valence-electron chi connectivity index (χ3n) is 4.63. The summed E-state index contributed by atoms with van der Waals surface area (Å²) in [7, 11) is -3.59. The molecule has 1 aromatic heterocycles. The minimum atomic E-state index is -3.59. The predicted molar refractivity (Wildman–Crippen MR) is 113 cm³/mol. The highest BCUT2D eigenvalue weighted by Gasteiger charge is 2.22. The summed E-state index contributed by atoms with van der Waals surface area (Å²) < 4.78 is 26.6. The molecule has 1 aromatic carbocycles. The molecular formula is C20H25N5O3S. The number of benzene rings is 1. The standard InChI is InChI=1S/C20H25N5O3S/c1-17-3-5-18(6-4-17)8-16-29(27,28)23-11-7-19(26)24-12-14-25(15-13-24)20-21-9-2-10-22-20/h2-6,8-10,16,23H,7,11-15H2,1H3/b16-8+. The molecule has 1 fully saturated rings. The molecule has 0 radical (unpaired) electrons. The fourth-order valence-corrected chi connectivity index (χ4v) is 3.78. The van der Waals surface area contributed by atoms with E-state index in [-0.39, 0.29) is 18.9 Å². The van der Waals surface area contributed by atoms with Crippen molar-refractivity contribution in [2.75, 3.05) is 37.6 Å². The number of piperazine rings is 1. The van der Waals surface area contributed by atoms with Gasteiger partial charge in [-0.15, -0.1) is 0 Å². The van der Waals surface area contributed by atoms with E-state index < -0.39 is 10.0 Å². The number of hydrogen-bond donors (Lipinski definition) is 1. The highest BCUT2D eigenvalue weighted by Crippen LogP contribution is 2.10. The number of carbonyl (C=O) groups excluding carboxylic acids is 1. The van der Waals surface area contributed by atoms with E-state index in [9.17, 15) is 13.2 Å². The van der Waals surface area contributed by atoms with Gasteiger partial charge >= 0.3 is 0 Å². The van der Waals surface area contributed by atoms with Crippen molar-refractivity contribution < 1.29 is 13.2 Å². The van der Waals surface area contributed by atoms with Gasteiger partial charge in [0.1, 0.15) is 0 Å². The fourth-order valence-electron chi connectivity index (χ4n) is 2.96. The van der Waals surface area contributed by atoms with E-state index in [0.717, 1.165) is 16.5 Å². The SMILES string of the molecule is Cc1ccc(/C=C/S(=O)(=O)NCCC(=O)N2CCN(c3ncccn3)CC2)cc1. The number of nitrogens with one attached hydrogen (secondary N) is 1. The largest absolute Gasteiger partial charge is 0.339 e. The van der Waals surface area contributed by atoms with Crippen LogP contribution in [0.15, 0.2) is 48.1 Å². The second-order valence-electron chi connectivity index (χ2n) is 6.82. The second-order valence-corrected chi connectivity index (χ2v) is 8.47. The van der Waals surface area contributed by atoms with Gasteiger partial charge < -0.3 is 9.80 Å². The average Bonchev–Trinajstić information content (AvgIpc) is 2.74. The van der Waals surface area contributed by atoms with Crippen molar-refractivity contribution in [3.8, 4) is 0 Å². The first-order valence-electron chi connectivity index (χ1n) is 9.47. The summed E-state index contributed by atoms with van der Waals surface area (Å²) >= 11 is 0. The minimum Gasteiger partial charge on any atom is -0.339 e. The summed E-state index contributed by atoms with van der Waals surface area (Å²) in [5.74, 6) is 0.594. The normalized spacial score (nSPS) is 15.1. The van der Waals surface area contributed by atoms with E-state index >= 15 is 0 Å². The molecule has 0 saturated carbocycles. The van der Waals surface area contributed by atoms with E-state index in [1.807, 2.05) is 36.1 Å². The number of sulfonamides is 1. The Bertz CT molecular complexity index is 938. The summed E-state index contributed by atoms with van der Waals surface area (Å²) in [6, 6.07) is 9.31. The Hall–Kier alpha value is -2.78. The van der Waals surface area contributed by atoms with Gasteiger partial charge in [-0.2, -0.15) is 0 Å². The molecule has 0 spiro atoms. The molecule has 1 saturated heterocycles. The van der Waals surface area contributed by atoms with Crippen molar-refractivity contribution >= 4 is 28.0 Å². The van der Waals surface area contributed by atoms with E-state index in [4.69, 9.17) is 0 Å². The van der Waals surface area contributed by atoms with Crippen molar-refractivity contribution in [1.29, 1.82) is 0 Å². The van der Waals surface area contributed by atoms with E-state index in [1.165, 1.54) is 6.08 Å². The average molecular weight is 416 g/mol. The van der Waals surface area contributed by atoms with Crippen molar-refractivity contribution in [3.63, 3.8) is 0 Å². The van der Waals surface area contributed by atoms with Gasteiger partial charge in [0.15, 0.2) is 0 Å². The molecule has 154 valence electrons. The molecule has 2 heterocycles. The van der Waals surface area contributed by atoms with Crippen molar-refractivity contribution in [3.05, 3.63) is 59.3 Å². The van der Waals surface area contributed by atoms with Crippen LogP contribution >= 0.6 is 0 Å². The van der Waals surface area contributed by atoms with Crippen LogP contribution in [0, 0.1) is 6.92 Å². The van der Waals surface area contributed by atoms with Gasteiger partial charge in [-0.25, -0.2) is 23.1 Å². The maximum atomic E-state index is 12.4. The van der Waals surface area contributed by atoms with Gasteiger partial charge in [0, 0.05) is 56.9 Å². The molecule has 3 rings (SSSR count). The summed E-state index contributed by atoms with van der Waals surface area (Å²) in [4.78, 5) is 24.6. The first-order valence-corrected chi connectivity index (χ1v) is 11.0. The number of nitrogens with zero attached hydrogens (tertiary/aromatic N) is 4. The summed E-state index contributed by atoms with van der Waals surface area (Å²) in [5, 5.41) is 1.13.